The Balaban J connectivity index is 2.13. The molecule has 1 aromatic carbocycles. The molecule has 13 heavy (non-hydrogen) atoms. The van der Waals surface area contributed by atoms with Crippen LogP contribution in [0, 0.1) is 0 Å². The third-order valence-corrected chi connectivity index (χ3v) is 1.62. The highest BCUT2D eigenvalue weighted by Crippen LogP contribution is 2.00. The fourth-order valence-corrected chi connectivity index (χ4v) is 1.01. The first-order chi connectivity index (χ1) is 6.29. The molecule has 0 bridgehead atoms. The van der Waals surface area contributed by atoms with Gasteiger partial charge in [0.1, 0.15) is 6.61 Å². The molecule has 1 nitrogen and oxygen atoms in total. The van der Waals surface area contributed by atoms with Crippen molar-refractivity contribution < 1.29 is 13.5 Å². The van der Waals surface area contributed by atoms with E-state index in [0.29, 0.717) is 13.0 Å². The van der Waals surface area contributed by atoms with E-state index >= 15 is 0 Å². The zero-order valence-corrected chi connectivity index (χ0v) is 7.25. The van der Waals surface area contributed by atoms with Gasteiger partial charge in [0.25, 0.3) is 6.43 Å². The standard InChI is InChI=1S/C10H12F2O/c11-10(12)8-13-7-6-9-4-2-1-3-5-9/h1-5,10H,6-8H2. The Morgan fingerprint density at radius 3 is 2.46 bits per heavy atom. The van der Waals surface area contributed by atoms with Crippen molar-refractivity contribution in [3.8, 4) is 0 Å². The van der Waals surface area contributed by atoms with Crippen molar-refractivity contribution in [3.05, 3.63) is 35.9 Å². The van der Waals surface area contributed by atoms with Crippen molar-refractivity contribution in [1.82, 2.24) is 0 Å². The largest absolute Gasteiger partial charge is 0.375 e. The van der Waals surface area contributed by atoms with E-state index in [4.69, 9.17) is 4.74 Å². The maximum Gasteiger partial charge on any atom is 0.261 e. The normalized spacial score (nSPS) is 10.7. The highest BCUT2D eigenvalue weighted by molar-refractivity contribution is 5.14. The first kappa shape index (κ1) is 10.1. The van der Waals surface area contributed by atoms with Crippen LogP contribution in [-0.2, 0) is 11.2 Å². The summed E-state index contributed by atoms with van der Waals surface area (Å²) < 4.78 is 28.0. The lowest BCUT2D eigenvalue weighted by molar-refractivity contribution is 0.0187. The minimum atomic E-state index is -2.37. The molecule has 1 aromatic rings. The summed E-state index contributed by atoms with van der Waals surface area (Å²) in [7, 11) is 0. The Hall–Kier alpha value is -0.960. The van der Waals surface area contributed by atoms with E-state index in [0.717, 1.165) is 5.56 Å². The van der Waals surface area contributed by atoms with Crippen LogP contribution in [0.3, 0.4) is 0 Å². The minimum Gasteiger partial charge on any atom is -0.375 e. The van der Waals surface area contributed by atoms with Crippen LogP contribution in [0.25, 0.3) is 0 Å². The van der Waals surface area contributed by atoms with Crippen molar-refractivity contribution in [1.29, 1.82) is 0 Å². The van der Waals surface area contributed by atoms with Gasteiger partial charge in [-0.2, -0.15) is 0 Å². The molecule has 0 aliphatic heterocycles. The zero-order chi connectivity index (χ0) is 9.52. The van der Waals surface area contributed by atoms with Gasteiger partial charge in [-0.3, -0.25) is 0 Å². The molecule has 0 saturated heterocycles. The average molecular weight is 186 g/mol. The van der Waals surface area contributed by atoms with Crippen LogP contribution in [0.4, 0.5) is 8.78 Å². The van der Waals surface area contributed by atoms with Crippen LogP contribution >= 0.6 is 0 Å². The summed E-state index contributed by atoms with van der Waals surface area (Å²) in [5.41, 5.74) is 1.11. The highest BCUT2D eigenvalue weighted by Gasteiger charge is 2.00. The van der Waals surface area contributed by atoms with Crippen molar-refractivity contribution in [2.45, 2.75) is 12.8 Å². The van der Waals surface area contributed by atoms with E-state index in [9.17, 15) is 8.78 Å². The van der Waals surface area contributed by atoms with Gasteiger partial charge in [-0.25, -0.2) is 8.78 Å². The molecule has 0 saturated carbocycles. The Bertz CT molecular complexity index is 224. The van der Waals surface area contributed by atoms with Crippen molar-refractivity contribution in [2.75, 3.05) is 13.2 Å². The molecule has 3 heteroatoms. The molecule has 0 aliphatic carbocycles. The fourth-order valence-electron chi connectivity index (χ4n) is 1.01. The van der Waals surface area contributed by atoms with Gasteiger partial charge in [0, 0.05) is 0 Å². The summed E-state index contributed by atoms with van der Waals surface area (Å²) >= 11 is 0. The lowest BCUT2D eigenvalue weighted by Crippen LogP contribution is -2.06. The third kappa shape index (κ3) is 4.58. The summed E-state index contributed by atoms with van der Waals surface area (Å²) in [5.74, 6) is 0. The van der Waals surface area contributed by atoms with Crippen LogP contribution in [0.2, 0.25) is 0 Å². The van der Waals surface area contributed by atoms with Gasteiger partial charge < -0.3 is 4.74 Å². The van der Waals surface area contributed by atoms with Gasteiger partial charge in [0.2, 0.25) is 0 Å². The van der Waals surface area contributed by atoms with E-state index in [2.05, 4.69) is 0 Å². The number of rotatable bonds is 5. The molecule has 0 fully saturated rings. The predicted octanol–water partition coefficient (Wildman–Crippen LogP) is 2.51. The second kappa shape index (κ2) is 5.65. The molecule has 1 rings (SSSR count). The number of benzene rings is 1. The molecule has 0 amide bonds. The highest BCUT2D eigenvalue weighted by atomic mass is 19.3. The average Bonchev–Trinajstić information content (AvgIpc) is 2.14. The summed E-state index contributed by atoms with van der Waals surface area (Å²) in [6, 6.07) is 9.66. The minimum absolute atomic E-state index is 0.356. The van der Waals surface area contributed by atoms with E-state index in [1.54, 1.807) is 0 Å². The Labute approximate surface area is 76.3 Å². The van der Waals surface area contributed by atoms with Crippen molar-refractivity contribution >= 4 is 0 Å². The smallest absolute Gasteiger partial charge is 0.261 e. The molecular weight excluding hydrogens is 174 g/mol. The summed E-state index contributed by atoms with van der Waals surface area (Å²) in [4.78, 5) is 0. The van der Waals surface area contributed by atoms with Gasteiger partial charge in [-0.1, -0.05) is 30.3 Å². The molecule has 0 aromatic heterocycles. The van der Waals surface area contributed by atoms with Crippen molar-refractivity contribution in [3.63, 3.8) is 0 Å². The molecule has 0 N–H and O–H groups in total. The molecule has 0 radical (unpaired) electrons. The van der Waals surface area contributed by atoms with Gasteiger partial charge >= 0.3 is 0 Å². The lowest BCUT2D eigenvalue weighted by Gasteiger charge is -2.02. The number of halogens is 2. The molecule has 0 aliphatic rings. The Morgan fingerprint density at radius 2 is 1.85 bits per heavy atom. The molecule has 0 spiro atoms. The monoisotopic (exact) mass is 186 g/mol. The van der Waals surface area contributed by atoms with E-state index < -0.39 is 13.0 Å². The van der Waals surface area contributed by atoms with E-state index in [-0.39, 0.29) is 0 Å². The van der Waals surface area contributed by atoms with E-state index in [1.807, 2.05) is 30.3 Å². The van der Waals surface area contributed by atoms with Crippen LogP contribution < -0.4 is 0 Å². The van der Waals surface area contributed by atoms with Crippen LogP contribution in [0.15, 0.2) is 30.3 Å². The summed E-state index contributed by atoms with van der Waals surface area (Å²) in [6.07, 6.45) is -1.68. The topological polar surface area (TPSA) is 9.23 Å². The van der Waals surface area contributed by atoms with Crippen LogP contribution in [-0.4, -0.2) is 19.6 Å². The van der Waals surface area contributed by atoms with Gasteiger partial charge in [-0.15, -0.1) is 0 Å². The molecular formula is C10H12F2O. The quantitative estimate of drug-likeness (QED) is 0.642. The first-order valence-electron chi connectivity index (χ1n) is 4.19. The Kier molecular flexibility index (Phi) is 4.40. The summed E-state index contributed by atoms with van der Waals surface area (Å²) in [6.45, 7) is -0.110. The number of alkyl halides is 2. The molecule has 72 valence electrons. The second-order valence-electron chi connectivity index (χ2n) is 2.70. The first-order valence-corrected chi connectivity index (χ1v) is 4.19. The van der Waals surface area contributed by atoms with Crippen LogP contribution in [0.1, 0.15) is 5.56 Å². The van der Waals surface area contributed by atoms with Crippen molar-refractivity contribution in [2.24, 2.45) is 0 Å². The third-order valence-electron chi connectivity index (χ3n) is 1.62. The molecule has 0 heterocycles. The van der Waals surface area contributed by atoms with E-state index in [1.165, 1.54) is 0 Å². The van der Waals surface area contributed by atoms with Gasteiger partial charge in [0.05, 0.1) is 6.61 Å². The SMILES string of the molecule is FC(F)COCCc1ccccc1. The maximum absolute atomic E-state index is 11.6. The second-order valence-corrected chi connectivity index (χ2v) is 2.70. The number of ether oxygens (including phenoxy) is 1. The molecule has 0 atom stereocenters. The summed E-state index contributed by atoms with van der Waals surface area (Å²) in [5, 5.41) is 0. The van der Waals surface area contributed by atoms with Gasteiger partial charge in [0.15, 0.2) is 0 Å². The Morgan fingerprint density at radius 1 is 1.15 bits per heavy atom. The maximum atomic E-state index is 11.6. The number of hydrogen-bond donors (Lipinski definition) is 0. The van der Waals surface area contributed by atoms with Gasteiger partial charge in [-0.05, 0) is 12.0 Å². The fraction of sp³-hybridized carbons (Fsp3) is 0.400. The molecule has 0 unspecified atom stereocenters. The van der Waals surface area contributed by atoms with Crippen LogP contribution in [0.5, 0.6) is 0 Å². The lowest BCUT2D eigenvalue weighted by atomic mass is 10.2. The zero-order valence-electron chi connectivity index (χ0n) is 7.25. The number of hydrogen-bond acceptors (Lipinski definition) is 1. The predicted molar refractivity (Wildman–Crippen MR) is 47.0 cm³/mol.